The summed E-state index contributed by atoms with van der Waals surface area (Å²) in [6.07, 6.45) is 5.15. The van der Waals surface area contributed by atoms with Crippen LogP contribution in [0.15, 0.2) is 54.6 Å². The summed E-state index contributed by atoms with van der Waals surface area (Å²) in [5.74, 6) is -0.833. The van der Waals surface area contributed by atoms with Crippen LogP contribution in [0.1, 0.15) is 36.6 Å². The third-order valence-corrected chi connectivity index (χ3v) is 4.47. The van der Waals surface area contributed by atoms with Crippen LogP contribution >= 0.6 is 0 Å². The molecule has 3 heteroatoms. The Bertz CT molecular complexity index is 830. The minimum atomic E-state index is -0.833. The second kappa shape index (κ2) is 7.35. The summed E-state index contributed by atoms with van der Waals surface area (Å²) >= 11 is 0. The fourth-order valence-corrected chi connectivity index (χ4v) is 3.53. The minimum absolute atomic E-state index is 0.833. The fourth-order valence-electron chi connectivity index (χ4n) is 3.53. The van der Waals surface area contributed by atoms with Crippen LogP contribution in [0.4, 0.5) is 0 Å². The van der Waals surface area contributed by atoms with Crippen LogP contribution in [-0.2, 0) is 24.2 Å². The second-order valence-corrected chi connectivity index (χ2v) is 6.24. The first-order valence-corrected chi connectivity index (χ1v) is 8.49. The van der Waals surface area contributed by atoms with Gasteiger partial charge in [-0.15, -0.1) is 0 Å². The van der Waals surface area contributed by atoms with E-state index in [-0.39, 0.29) is 0 Å². The van der Waals surface area contributed by atoms with Gasteiger partial charge in [-0.05, 0) is 42.9 Å². The molecule has 0 aliphatic heterocycles. The zero-order valence-electron chi connectivity index (χ0n) is 14.0. The molecule has 0 unspecified atom stereocenters. The molecule has 3 aromatic rings. The van der Waals surface area contributed by atoms with Gasteiger partial charge in [-0.2, -0.15) is 0 Å². The number of para-hydroxylation sites is 1. The van der Waals surface area contributed by atoms with Crippen molar-refractivity contribution in [3.05, 3.63) is 71.4 Å². The van der Waals surface area contributed by atoms with Gasteiger partial charge in [-0.1, -0.05) is 48.5 Å². The Morgan fingerprint density at radius 2 is 1.62 bits per heavy atom. The number of hydrogen-bond acceptors (Lipinski definition) is 1. The molecule has 0 amide bonds. The van der Waals surface area contributed by atoms with Crippen molar-refractivity contribution in [1.29, 1.82) is 0 Å². The normalized spacial score (nSPS) is 13.0. The van der Waals surface area contributed by atoms with E-state index in [1.165, 1.54) is 42.1 Å². The molecule has 0 fully saturated rings. The molecule has 24 heavy (non-hydrogen) atoms. The maximum absolute atomic E-state index is 9.00. The van der Waals surface area contributed by atoms with Gasteiger partial charge in [0.25, 0.3) is 5.97 Å². The molecule has 124 valence electrons. The third kappa shape index (κ3) is 3.51. The van der Waals surface area contributed by atoms with E-state index in [0.717, 1.165) is 13.5 Å². The Hall–Kier alpha value is -2.55. The van der Waals surface area contributed by atoms with Crippen LogP contribution in [0, 0.1) is 0 Å². The molecular weight excluding hydrogens is 298 g/mol. The Kier molecular flexibility index (Phi) is 4.99. The van der Waals surface area contributed by atoms with Crippen LogP contribution in [0.3, 0.4) is 0 Å². The molecule has 2 aromatic carbocycles. The number of nitrogens with zero attached hydrogens (tertiary/aromatic N) is 1. The molecule has 1 N–H and O–H groups in total. The lowest BCUT2D eigenvalue weighted by molar-refractivity contribution is -0.134. The summed E-state index contributed by atoms with van der Waals surface area (Å²) < 4.78 is 2.54. The van der Waals surface area contributed by atoms with Crippen molar-refractivity contribution in [2.75, 3.05) is 0 Å². The van der Waals surface area contributed by atoms with Crippen molar-refractivity contribution in [2.45, 2.75) is 39.2 Å². The Morgan fingerprint density at radius 1 is 1.00 bits per heavy atom. The molecule has 0 radical (unpaired) electrons. The van der Waals surface area contributed by atoms with Crippen molar-refractivity contribution in [2.24, 2.45) is 0 Å². The molecule has 0 spiro atoms. The van der Waals surface area contributed by atoms with Crippen molar-refractivity contribution >= 4 is 16.9 Å². The fraction of sp³-hybridized carbons (Fsp3) is 0.286. The first kappa shape index (κ1) is 16.3. The lowest BCUT2D eigenvalue weighted by Gasteiger charge is -2.16. The number of carboxylic acids is 1. The topological polar surface area (TPSA) is 42.2 Å². The highest BCUT2D eigenvalue weighted by atomic mass is 16.4. The largest absolute Gasteiger partial charge is 0.481 e. The molecule has 1 aromatic heterocycles. The van der Waals surface area contributed by atoms with E-state index in [1.54, 1.807) is 11.3 Å². The molecule has 1 heterocycles. The maximum Gasteiger partial charge on any atom is 0.300 e. The second-order valence-electron chi connectivity index (χ2n) is 6.24. The highest BCUT2D eigenvalue weighted by molar-refractivity contribution is 5.86. The summed E-state index contributed by atoms with van der Waals surface area (Å²) in [5.41, 5.74) is 5.97. The number of aromatic nitrogens is 1. The van der Waals surface area contributed by atoms with Crippen molar-refractivity contribution in [1.82, 2.24) is 4.57 Å². The Labute approximate surface area is 142 Å². The van der Waals surface area contributed by atoms with E-state index in [9.17, 15) is 0 Å². The van der Waals surface area contributed by atoms with Gasteiger partial charge >= 0.3 is 0 Å². The van der Waals surface area contributed by atoms with Gasteiger partial charge in [0.05, 0.1) is 0 Å². The number of hydrogen-bond donors (Lipinski definition) is 1. The number of fused-ring (bicyclic) bond motifs is 3. The van der Waals surface area contributed by atoms with Crippen LogP contribution in [-0.4, -0.2) is 15.6 Å². The van der Waals surface area contributed by atoms with Crippen molar-refractivity contribution in [3.63, 3.8) is 0 Å². The van der Waals surface area contributed by atoms with Crippen LogP contribution < -0.4 is 0 Å². The molecule has 1 aliphatic carbocycles. The van der Waals surface area contributed by atoms with Gasteiger partial charge in [0.1, 0.15) is 0 Å². The molecule has 0 bridgehead atoms. The van der Waals surface area contributed by atoms with E-state index in [2.05, 4.69) is 59.2 Å². The Morgan fingerprint density at radius 3 is 2.38 bits per heavy atom. The van der Waals surface area contributed by atoms with E-state index < -0.39 is 5.97 Å². The summed E-state index contributed by atoms with van der Waals surface area (Å²) in [6.45, 7) is 2.08. The van der Waals surface area contributed by atoms with Gasteiger partial charge in [0.2, 0.25) is 0 Å². The zero-order chi connectivity index (χ0) is 16.9. The smallest absolute Gasteiger partial charge is 0.300 e. The van der Waals surface area contributed by atoms with Gasteiger partial charge in [0, 0.05) is 30.1 Å². The standard InChI is InChI=1S/C19H19N.C2H4O2/c1-2-8-15(9-3-1)14-20-18-12-6-4-10-16(18)17-11-5-7-13-19(17)20;1-2(3)4/h1-4,6,8-10,12H,5,7,11,13-14H2;1H3,(H,3,4). The predicted molar refractivity (Wildman–Crippen MR) is 97.4 cm³/mol. The molecular formula is C21H23NO2. The van der Waals surface area contributed by atoms with Gasteiger partial charge < -0.3 is 9.67 Å². The maximum atomic E-state index is 9.00. The monoisotopic (exact) mass is 321 g/mol. The summed E-state index contributed by atoms with van der Waals surface area (Å²) in [7, 11) is 0. The van der Waals surface area contributed by atoms with E-state index in [1.807, 2.05) is 0 Å². The van der Waals surface area contributed by atoms with Crippen molar-refractivity contribution < 1.29 is 9.90 Å². The number of aryl methyl sites for hydroxylation is 1. The number of rotatable bonds is 2. The quantitative estimate of drug-likeness (QED) is 0.746. The van der Waals surface area contributed by atoms with E-state index in [0.29, 0.717) is 0 Å². The molecule has 3 nitrogen and oxygen atoms in total. The molecule has 0 saturated carbocycles. The number of aliphatic carboxylic acids is 1. The van der Waals surface area contributed by atoms with Gasteiger partial charge in [0.15, 0.2) is 0 Å². The molecule has 4 rings (SSSR count). The minimum Gasteiger partial charge on any atom is -0.481 e. The summed E-state index contributed by atoms with van der Waals surface area (Å²) in [4.78, 5) is 9.00. The molecule has 0 saturated heterocycles. The van der Waals surface area contributed by atoms with Crippen LogP contribution in [0.25, 0.3) is 10.9 Å². The van der Waals surface area contributed by atoms with Crippen molar-refractivity contribution in [3.8, 4) is 0 Å². The van der Waals surface area contributed by atoms with Crippen LogP contribution in [0.5, 0.6) is 0 Å². The number of carbonyl (C=O) groups is 1. The summed E-state index contributed by atoms with van der Waals surface area (Å²) in [5, 5.41) is 8.89. The number of carboxylic acid groups (broad SMARTS) is 1. The first-order valence-electron chi connectivity index (χ1n) is 8.49. The van der Waals surface area contributed by atoms with Gasteiger partial charge in [-0.3, -0.25) is 4.79 Å². The highest BCUT2D eigenvalue weighted by Gasteiger charge is 2.19. The van der Waals surface area contributed by atoms with Gasteiger partial charge in [-0.25, -0.2) is 0 Å². The molecule has 0 atom stereocenters. The van der Waals surface area contributed by atoms with E-state index in [4.69, 9.17) is 9.90 Å². The van der Waals surface area contributed by atoms with Crippen LogP contribution in [0.2, 0.25) is 0 Å². The molecule has 1 aliphatic rings. The average molecular weight is 321 g/mol. The first-order chi connectivity index (χ1) is 11.7. The third-order valence-electron chi connectivity index (χ3n) is 4.47. The highest BCUT2D eigenvalue weighted by Crippen LogP contribution is 2.32. The zero-order valence-corrected chi connectivity index (χ0v) is 14.0. The lowest BCUT2D eigenvalue weighted by atomic mass is 9.95. The predicted octanol–water partition coefficient (Wildman–Crippen LogP) is 4.66. The Balaban J connectivity index is 0.000000383. The summed E-state index contributed by atoms with van der Waals surface area (Å²) in [6, 6.07) is 19.7. The SMILES string of the molecule is CC(=O)O.c1ccc(Cn2c3c(c4ccccc42)CCCC3)cc1. The van der Waals surface area contributed by atoms with E-state index >= 15 is 0 Å². The lowest BCUT2D eigenvalue weighted by Crippen LogP contribution is -2.09. The number of benzene rings is 2. The average Bonchev–Trinajstić information content (AvgIpc) is 2.90.